The molecule has 1 heterocycles. The summed E-state index contributed by atoms with van der Waals surface area (Å²) < 4.78 is 5.20. The van der Waals surface area contributed by atoms with Gasteiger partial charge in [-0.25, -0.2) is 9.97 Å². The minimum atomic E-state index is -0.232. The molecule has 0 atom stereocenters. The molecule has 3 rings (SSSR count). The van der Waals surface area contributed by atoms with Gasteiger partial charge in [0.05, 0.1) is 12.7 Å². The summed E-state index contributed by atoms with van der Waals surface area (Å²) in [6, 6.07) is 13.5. The number of ether oxygens (including phenoxy) is 1. The number of nitrogens with zero attached hydrogens (tertiary/aromatic N) is 2. The van der Waals surface area contributed by atoms with Crippen molar-refractivity contribution in [3.8, 4) is 5.75 Å². The molecule has 0 saturated heterocycles. The molecule has 28 heavy (non-hydrogen) atoms. The van der Waals surface area contributed by atoms with Crippen LogP contribution in [0.5, 0.6) is 5.75 Å². The van der Waals surface area contributed by atoms with Crippen molar-refractivity contribution in [2.24, 2.45) is 0 Å². The molecular weight excluding hydrogens is 352 g/mol. The van der Waals surface area contributed by atoms with Crippen LogP contribution in [0, 0.1) is 6.92 Å². The van der Waals surface area contributed by atoms with Crippen LogP contribution >= 0.6 is 0 Å². The number of anilines is 3. The van der Waals surface area contributed by atoms with Gasteiger partial charge in [-0.15, -0.1) is 0 Å². The lowest BCUT2D eigenvalue weighted by atomic mass is 9.98. The number of amides is 1. The molecule has 2 aromatic carbocycles. The monoisotopic (exact) mass is 376 g/mol. The van der Waals surface area contributed by atoms with Crippen molar-refractivity contribution in [1.29, 1.82) is 0 Å². The highest BCUT2D eigenvalue weighted by Gasteiger charge is 2.14. The van der Waals surface area contributed by atoms with Crippen molar-refractivity contribution >= 4 is 23.2 Å². The zero-order chi connectivity index (χ0) is 20.1. The maximum Gasteiger partial charge on any atom is 0.258 e. The second-order valence-corrected chi connectivity index (χ2v) is 6.80. The van der Waals surface area contributed by atoms with Crippen molar-refractivity contribution in [1.82, 2.24) is 9.97 Å². The zero-order valence-electron chi connectivity index (χ0n) is 16.5. The van der Waals surface area contributed by atoms with Gasteiger partial charge in [-0.1, -0.05) is 38.1 Å². The van der Waals surface area contributed by atoms with Gasteiger partial charge in [0.2, 0.25) is 5.95 Å². The molecule has 2 N–H and O–H groups in total. The number of rotatable bonds is 6. The first-order chi connectivity index (χ1) is 13.5. The molecule has 3 aromatic rings. The number of aryl methyl sites for hydroxylation is 1. The van der Waals surface area contributed by atoms with Crippen molar-refractivity contribution in [2.75, 3.05) is 17.7 Å². The molecule has 0 saturated carbocycles. The minimum Gasteiger partial charge on any atom is -0.497 e. The third-order valence-electron chi connectivity index (χ3n) is 4.41. The van der Waals surface area contributed by atoms with Crippen LogP contribution < -0.4 is 15.4 Å². The maximum atomic E-state index is 12.7. The van der Waals surface area contributed by atoms with E-state index in [9.17, 15) is 4.79 Å². The standard InChI is InChI=1S/C22H24N4O2/c1-14(2)19-10-5-7-15(3)20(19)26-21(27)16-12-23-22(24-13-16)25-17-8-6-9-18(11-17)28-4/h5-14H,1-4H3,(H,26,27)(H,23,24,25). The van der Waals surface area contributed by atoms with Gasteiger partial charge < -0.3 is 15.4 Å². The number of carbonyl (C=O) groups is 1. The van der Waals surface area contributed by atoms with Crippen molar-refractivity contribution < 1.29 is 9.53 Å². The van der Waals surface area contributed by atoms with E-state index in [2.05, 4.69) is 34.4 Å². The fourth-order valence-corrected chi connectivity index (χ4v) is 2.87. The molecule has 0 aliphatic carbocycles. The van der Waals surface area contributed by atoms with Crippen LogP contribution in [0.1, 0.15) is 41.3 Å². The van der Waals surface area contributed by atoms with E-state index < -0.39 is 0 Å². The van der Waals surface area contributed by atoms with Gasteiger partial charge >= 0.3 is 0 Å². The Labute approximate surface area is 165 Å². The van der Waals surface area contributed by atoms with E-state index in [0.29, 0.717) is 17.4 Å². The highest BCUT2D eigenvalue weighted by atomic mass is 16.5. The number of carbonyl (C=O) groups excluding carboxylic acids is 1. The number of benzene rings is 2. The van der Waals surface area contributed by atoms with E-state index in [4.69, 9.17) is 4.74 Å². The van der Waals surface area contributed by atoms with Gasteiger partial charge in [0, 0.05) is 29.8 Å². The van der Waals surface area contributed by atoms with Gasteiger partial charge in [0.15, 0.2) is 0 Å². The molecule has 0 aliphatic rings. The Hall–Kier alpha value is -3.41. The summed E-state index contributed by atoms with van der Waals surface area (Å²) in [6.45, 7) is 6.19. The van der Waals surface area contributed by atoms with E-state index in [1.807, 2.05) is 49.4 Å². The molecule has 0 aliphatic heterocycles. The Kier molecular flexibility index (Phi) is 5.89. The Morgan fingerprint density at radius 2 is 1.79 bits per heavy atom. The first-order valence-electron chi connectivity index (χ1n) is 9.12. The van der Waals surface area contributed by atoms with Gasteiger partial charge in [-0.2, -0.15) is 0 Å². The number of hydrogen-bond donors (Lipinski definition) is 2. The van der Waals surface area contributed by atoms with E-state index in [1.165, 1.54) is 12.4 Å². The van der Waals surface area contributed by atoms with Crippen LogP contribution in [0.2, 0.25) is 0 Å². The zero-order valence-corrected chi connectivity index (χ0v) is 16.5. The summed E-state index contributed by atoms with van der Waals surface area (Å²) in [7, 11) is 1.61. The number of aromatic nitrogens is 2. The third kappa shape index (κ3) is 4.46. The largest absolute Gasteiger partial charge is 0.497 e. The molecule has 0 bridgehead atoms. The summed E-state index contributed by atoms with van der Waals surface area (Å²) in [4.78, 5) is 21.2. The first-order valence-corrected chi connectivity index (χ1v) is 9.12. The summed E-state index contributed by atoms with van der Waals surface area (Å²) in [5.41, 5.74) is 4.18. The second-order valence-electron chi connectivity index (χ2n) is 6.80. The molecule has 1 aromatic heterocycles. The lowest BCUT2D eigenvalue weighted by Gasteiger charge is -2.16. The molecule has 6 nitrogen and oxygen atoms in total. The normalized spacial score (nSPS) is 10.6. The fraction of sp³-hybridized carbons (Fsp3) is 0.227. The maximum absolute atomic E-state index is 12.7. The van der Waals surface area contributed by atoms with Crippen LogP contribution in [0.3, 0.4) is 0 Å². The smallest absolute Gasteiger partial charge is 0.258 e. The Balaban J connectivity index is 1.74. The molecule has 0 fully saturated rings. The minimum absolute atomic E-state index is 0.232. The average Bonchev–Trinajstić information content (AvgIpc) is 2.70. The number of hydrogen-bond acceptors (Lipinski definition) is 5. The number of methoxy groups -OCH3 is 1. The molecule has 0 unspecified atom stereocenters. The fourth-order valence-electron chi connectivity index (χ4n) is 2.87. The predicted octanol–water partition coefficient (Wildman–Crippen LogP) is 4.91. The molecule has 6 heteroatoms. The molecular formula is C22H24N4O2. The number of para-hydroxylation sites is 1. The summed E-state index contributed by atoms with van der Waals surface area (Å²) >= 11 is 0. The van der Waals surface area contributed by atoms with E-state index in [0.717, 1.165) is 28.3 Å². The Morgan fingerprint density at radius 3 is 2.46 bits per heavy atom. The van der Waals surface area contributed by atoms with Crippen LogP contribution in [-0.4, -0.2) is 23.0 Å². The van der Waals surface area contributed by atoms with Crippen molar-refractivity contribution in [3.05, 3.63) is 71.5 Å². The Bertz CT molecular complexity index is 969. The van der Waals surface area contributed by atoms with E-state index in [1.54, 1.807) is 7.11 Å². The molecule has 0 radical (unpaired) electrons. The van der Waals surface area contributed by atoms with Crippen molar-refractivity contribution in [2.45, 2.75) is 26.7 Å². The second kappa shape index (κ2) is 8.52. The Morgan fingerprint density at radius 1 is 1.07 bits per heavy atom. The highest BCUT2D eigenvalue weighted by molar-refractivity contribution is 6.04. The topological polar surface area (TPSA) is 76.1 Å². The SMILES string of the molecule is COc1cccc(Nc2ncc(C(=O)Nc3c(C)cccc3C(C)C)cn2)c1. The summed E-state index contributed by atoms with van der Waals surface area (Å²) in [5.74, 6) is 1.22. The molecule has 1 amide bonds. The quantitative estimate of drug-likeness (QED) is 0.639. The van der Waals surface area contributed by atoms with Crippen LogP contribution in [0.15, 0.2) is 54.9 Å². The van der Waals surface area contributed by atoms with E-state index >= 15 is 0 Å². The average molecular weight is 376 g/mol. The predicted molar refractivity (Wildman–Crippen MR) is 112 cm³/mol. The third-order valence-corrected chi connectivity index (χ3v) is 4.41. The van der Waals surface area contributed by atoms with Gasteiger partial charge in [0.1, 0.15) is 5.75 Å². The van der Waals surface area contributed by atoms with Crippen LogP contribution in [0.4, 0.5) is 17.3 Å². The van der Waals surface area contributed by atoms with Crippen LogP contribution in [-0.2, 0) is 0 Å². The first kappa shape index (κ1) is 19.4. The van der Waals surface area contributed by atoms with Gasteiger partial charge in [-0.05, 0) is 36.1 Å². The van der Waals surface area contributed by atoms with Crippen molar-refractivity contribution in [3.63, 3.8) is 0 Å². The van der Waals surface area contributed by atoms with Gasteiger partial charge in [-0.3, -0.25) is 4.79 Å². The lowest BCUT2D eigenvalue weighted by molar-refractivity contribution is 0.102. The summed E-state index contributed by atoms with van der Waals surface area (Å²) in [6.07, 6.45) is 3.02. The molecule has 144 valence electrons. The molecule has 0 spiro atoms. The van der Waals surface area contributed by atoms with Gasteiger partial charge in [0.25, 0.3) is 5.91 Å². The lowest BCUT2D eigenvalue weighted by Crippen LogP contribution is -2.15. The van der Waals surface area contributed by atoms with Crippen LogP contribution in [0.25, 0.3) is 0 Å². The van der Waals surface area contributed by atoms with E-state index in [-0.39, 0.29) is 5.91 Å². The number of nitrogens with one attached hydrogen (secondary N) is 2. The summed E-state index contributed by atoms with van der Waals surface area (Å²) in [5, 5.41) is 6.10. The highest BCUT2D eigenvalue weighted by Crippen LogP contribution is 2.28.